The van der Waals surface area contributed by atoms with Gasteiger partial charge >= 0.3 is 0 Å². The van der Waals surface area contributed by atoms with E-state index in [0.29, 0.717) is 0 Å². The lowest BCUT2D eigenvalue weighted by atomic mass is 10.0. The minimum Gasteiger partial charge on any atom is -0.507 e. The van der Waals surface area contributed by atoms with Gasteiger partial charge in [0.2, 0.25) is 0 Å². The van der Waals surface area contributed by atoms with Crippen LogP contribution in [0.4, 0.5) is 8.78 Å². The Labute approximate surface area is 90.5 Å². The molecule has 0 bridgehead atoms. The third-order valence-electron chi connectivity index (χ3n) is 1.90. The number of phenolic OH excluding ortho intramolecular Hbond substituents is 1. The number of hydrogen-bond acceptors (Lipinski definition) is 2. The van der Waals surface area contributed by atoms with Gasteiger partial charge in [-0.15, -0.1) is 11.6 Å². The first-order valence-electron chi connectivity index (χ1n) is 4.23. The number of rotatable bonds is 3. The van der Waals surface area contributed by atoms with Crippen LogP contribution in [0.2, 0.25) is 0 Å². The molecule has 1 aromatic rings. The fourth-order valence-corrected chi connectivity index (χ4v) is 1.22. The van der Waals surface area contributed by atoms with Crippen LogP contribution in [0.3, 0.4) is 0 Å². The molecule has 0 saturated heterocycles. The number of alkyl halides is 3. The lowest BCUT2D eigenvalue weighted by Gasteiger charge is -2.07. The zero-order chi connectivity index (χ0) is 11.6. The van der Waals surface area contributed by atoms with Crippen LogP contribution in [0.5, 0.6) is 5.75 Å². The van der Waals surface area contributed by atoms with E-state index in [0.717, 1.165) is 18.2 Å². The van der Waals surface area contributed by atoms with Gasteiger partial charge < -0.3 is 5.11 Å². The van der Waals surface area contributed by atoms with Gasteiger partial charge in [-0.3, -0.25) is 4.79 Å². The molecule has 0 fully saturated rings. The van der Waals surface area contributed by atoms with E-state index in [1.54, 1.807) is 0 Å². The Bertz CT molecular complexity index is 378. The van der Waals surface area contributed by atoms with Crippen molar-refractivity contribution in [1.82, 2.24) is 0 Å². The van der Waals surface area contributed by atoms with Crippen LogP contribution in [0.1, 0.15) is 29.3 Å². The zero-order valence-corrected chi connectivity index (χ0v) is 8.63. The summed E-state index contributed by atoms with van der Waals surface area (Å²) in [5.74, 6) is -0.909. The van der Waals surface area contributed by atoms with Gasteiger partial charge in [0.1, 0.15) is 5.75 Å². The van der Waals surface area contributed by atoms with Crippen molar-refractivity contribution in [1.29, 1.82) is 0 Å². The molecule has 0 aromatic heterocycles. The number of halogens is 3. The van der Waals surface area contributed by atoms with Crippen molar-refractivity contribution >= 4 is 17.4 Å². The zero-order valence-electron chi connectivity index (χ0n) is 7.88. The molecular weight excluding hydrogens is 226 g/mol. The van der Waals surface area contributed by atoms with Crippen LogP contribution in [-0.2, 0) is 0 Å². The second-order valence-corrected chi connectivity index (χ2v) is 3.71. The summed E-state index contributed by atoms with van der Waals surface area (Å²) < 4.78 is 24.6. The van der Waals surface area contributed by atoms with E-state index in [-0.39, 0.29) is 16.9 Å². The highest BCUT2D eigenvalue weighted by atomic mass is 35.5. The molecule has 0 radical (unpaired) electrons. The maximum atomic E-state index is 12.3. The number of carbonyl (C=O) groups excluding carboxylic acids is 1. The van der Waals surface area contributed by atoms with Crippen LogP contribution < -0.4 is 0 Å². The lowest BCUT2D eigenvalue weighted by molar-refractivity contribution is 0.0988. The molecule has 1 unspecified atom stereocenters. The summed E-state index contributed by atoms with van der Waals surface area (Å²) in [5, 5.41) is 8.45. The highest BCUT2D eigenvalue weighted by Gasteiger charge is 2.18. The van der Waals surface area contributed by atoms with Gasteiger partial charge in [0, 0.05) is 5.56 Å². The van der Waals surface area contributed by atoms with E-state index in [1.165, 1.54) is 6.92 Å². The second-order valence-electron chi connectivity index (χ2n) is 3.06. The van der Waals surface area contributed by atoms with E-state index in [2.05, 4.69) is 0 Å². The van der Waals surface area contributed by atoms with Crippen molar-refractivity contribution in [3.05, 3.63) is 29.3 Å². The van der Waals surface area contributed by atoms with E-state index >= 15 is 0 Å². The van der Waals surface area contributed by atoms with Crippen molar-refractivity contribution in [2.75, 3.05) is 0 Å². The van der Waals surface area contributed by atoms with Gasteiger partial charge in [0.15, 0.2) is 5.78 Å². The average molecular weight is 235 g/mol. The highest BCUT2D eigenvalue weighted by Crippen LogP contribution is 2.26. The number of hydrogen-bond donors (Lipinski definition) is 1. The quantitative estimate of drug-likeness (QED) is 0.644. The van der Waals surface area contributed by atoms with E-state index in [4.69, 9.17) is 11.6 Å². The molecule has 0 amide bonds. The monoisotopic (exact) mass is 234 g/mol. The molecule has 0 aliphatic carbocycles. The third kappa shape index (κ3) is 2.65. The van der Waals surface area contributed by atoms with Crippen LogP contribution in [0.15, 0.2) is 18.2 Å². The summed E-state index contributed by atoms with van der Waals surface area (Å²) >= 11 is 5.52. The Hall–Kier alpha value is -1.16. The molecule has 0 heterocycles. The molecule has 15 heavy (non-hydrogen) atoms. The molecule has 1 rings (SSSR count). The largest absolute Gasteiger partial charge is 0.507 e. The lowest BCUT2D eigenvalue weighted by Crippen LogP contribution is -2.11. The molecule has 1 aromatic carbocycles. The molecule has 0 spiro atoms. The van der Waals surface area contributed by atoms with E-state index in [9.17, 15) is 18.7 Å². The molecular formula is C10H9ClF2O2. The van der Waals surface area contributed by atoms with Crippen molar-refractivity contribution in [3.8, 4) is 5.75 Å². The Morgan fingerprint density at radius 3 is 2.53 bits per heavy atom. The van der Waals surface area contributed by atoms with Crippen molar-refractivity contribution in [2.45, 2.75) is 18.7 Å². The first kappa shape index (κ1) is 11.9. The van der Waals surface area contributed by atoms with Gasteiger partial charge in [0.05, 0.1) is 10.9 Å². The summed E-state index contributed by atoms with van der Waals surface area (Å²) in [6.07, 6.45) is -2.68. The Morgan fingerprint density at radius 1 is 1.47 bits per heavy atom. The van der Waals surface area contributed by atoms with Gasteiger partial charge in [-0.2, -0.15) is 0 Å². The second kappa shape index (κ2) is 4.57. The fraction of sp³-hybridized carbons (Fsp3) is 0.300. The van der Waals surface area contributed by atoms with E-state index < -0.39 is 17.6 Å². The number of carbonyl (C=O) groups is 1. The number of ketones is 1. The normalized spacial score (nSPS) is 12.9. The summed E-state index contributed by atoms with van der Waals surface area (Å²) in [4.78, 5) is 11.4. The minimum absolute atomic E-state index is 0.171. The van der Waals surface area contributed by atoms with Crippen LogP contribution in [0, 0.1) is 0 Å². The van der Waals surface area contributed by atoms with E-state index in [1.807, 2.05) is 0 Å². The Morgan fingerprint density at radius 2 is 2.07 bits per heavy atom. The number of Topliss-reactive ketones (excluding diaryl/α,β-unsaturated/α-hetero) is 1. The maximum Gasteiger partial charge on any atom is 0.263 e. The Balaban J connectivity index is 3.16. The standard InChI is InChI=1S/C10H9ClF2O2/c1-5(11)9(15)7-4-6(10(12)13)2-3-8(7)14/h2-5,10,14H,1H3. The summed E-state index contributed by atoms with van der Waals surface area (Å²) in [7, 11) is 0. The number of benzene rings is 1. The molecule has 0 saturated carbocycles. The summed E-state index contributed by atoms with van der Waals surface area (Å²) in [5.41, 5.74) is -0.483. The van der Waals surface area contributed by atoms with Crippen LogP contribution >= 0.6 is 11.6 Å². The SMILES string of the molecule is CC(Cl)C(=O)c1cc(C(F)F)ccc1O. The molecule has 2 nitrogen and oxygen atoms in total. The molecule has 82 valence electrons. The molecule has 1 atom stereocenters. The average Bonchev–Trinajstić information content (AvgIpc) is 2.16. The third-order valence-corrected chi connectivity index (χ3v) is 2.10. The van der Waals surface area contributed by atoms with Gasteiger partial charge in [-0.1, -0.05) is 0 Å². The summed E-state index contributed by atoms with van der Waals surface area (Å²) in [6.45, 7) is 1.42. The predicted molar refractivity (Wildman–Crippen MR) is 52.7 cm³/mol. The maximum absolute atomic E-state index is 12.3. The fourth-order valence-electron chi connectivity index (χ4n) is 1.10. The molecule has 1 N–H and O–H groups in total. The van der Waals surface area contributed by atoms with Gasteiger partial charge in [-0.05, 0) is 25.1 Å². The van der Waals surface area contributed by atoms with Gasteiger partial charge in [-0.25, -0.2) is 8.78 Å². The minimum atomic E-state index is -2.68. The van der Waals surface area contributed by atoms with Crippen molar-refractivity contribution in [3.63, 3.8) is 0 Å². The summed E-state index contributed by atoms with van der Waals surface area (Å²) in [6, 6.07) is 3.09. The molecule has 0 aliphatic rings. The highest BCUT2D eigenvalue weighted by molar-refractivity contribution is 6.33. The van der Waals surface area contributed by atoms with Crippen LogP contribution in [-0.4, -0.2) is 16.3 Å². The predicted octanol–water partition coefficient (Wildman–Crippen LogP) is 3.14. The number of aromatic hydroxyl groups is 1. The van der Waals surface area contributed by atoms with Crippen molar-refractivity contribution < 1.29 is 18.7 Å². The number of phenols is 1. The smallest absolute Gasteiger partial charge is 0.263 e. The Kier molecular flexibility index (Phi) is 3.63. The topological polar surface area (TPSA) is 37.3 Å². The van der Waals surface area contributed by atoms with Gasteiger partial charge in [0.25, 0.3) is 6.43 Å². The molecule has 0 aliphatic heterocycles. The van der Waals surface area contributed by atoms with Crippen LogP contribution in [0.25, 0.3) is 0 Å². The first-order chi connectivity index (χ1) is 6.93. The van der Waals surface area contributed by atoms with Crippen molar-refractivity contribution in [2.24, 2.45) is 0 Å². The first-order valence-corrected chi connectivity index (χ1v) is 4.66. The molecule has 5 heteroatoms.